The first-order chi connectivity index (χ1) is 7.29. The summed E-state index contributed by atoms with van der Waals surface area (Å²) in [5, 5.41) is 5.62. The number of benzene rings is 1. The first kappa shape index (κ1) is 9.98. The number of nitrogens with two attached hydrogens (primary N) is 1. The lowest BCUT2D eigenvalue weighted by Gasteiger charge is -2.24. The molecule has 1 aliphatic heterocycles. The molecule has 0 aromatic heterocycles. The van der Waals surface area contributed by atoms with Crippen LogP contribution in [-0.4, -0.2) is 12.6 Å². The number of hydrogen-bond donors (Lipinski definition) is 3. The molecule has 1 aromatic carbocycles. The number of carbonyl (C=O) groups excluding carboxylic acids is 1. The standard InChI is InChI=1S/C11H15N3O/c12-7-8-1-3-9(4-2-8)10-5-6-13-11(15)14-10/h1-4,10H,5-7,12H2,(H2,13,14,15). The summed E-state index contributed by atoms with van der Waals surface area (Å²) in [4.78, 5) is 11.1. The van der Waals surface area contributed by atoms with Crippen LogP contribution in [0.1, 0.15) is 23.6 Å². The lowest BCUT2D eigenvalue weighted by atomic mass is 10.0. The minimum absolute atomic E-state index is 0.0887. The van der Waals surface area contributed by atoms with Crippen molar-refractivity contribution in [1.82, 2.24) is 10.6 Å². The van der Waals surface area contributed by atoms with Crippen LogP contribution in [0.2, 0.25) is 0 Å². The molecule has 80 valence electrons. The van der Waals surface area contributed by atoms with Gasteiger partial charge in [0.15, 0.2) is 0 Å². The molecule has 2 rings (SSSR count). The Labute approximate surface area is 88.9 Å². The van der Waals surface area contributed by atoms with Gasteiger partial charge in [0.1, 0.15) is 0 Å². The number of hydrogen-bond acceptors (Lipinski definition) is 2. The molecule has 0 radical (unpaired) electrons. The van der Waals surface area contributed by atoms with E-state index in [0.717, 1.165) is 24.1 Å². The summed E-state index contributed by atoms with van der Waals surface area (Å²) in [5.41, 5.74) is 7.77. The number of urea groups is 1. The van der Waals surface area contributed by atoms with E-state index in [2.05, 4.69) is 10.6 Å². The maximum absolute atomic E-state index is 11.1. The average molecular weight is 205 g/mol. The molecular formula is C11H15N3O. The van der Waals surface area contributed by atoms with Gasteiger partial charge >= 0.3 is 6.03 Å². The maximum atomic E-state index is 11.1. The Morgan fingerprint density at radius 3 is 2.67 bits per heavy atom. The average Bonchev–Trinajstić information content (AvgIpc) is 2.29. The molecule has 4 N–H and O–H groups in total. The quantitative estimate of drug-likeness (QED) is 0.671. The van der Waals surface area contributed by atoms with E-state index in [9.17, 15) is 4.79 Å². The van der Waals surface area contributed by atoms with Gasteiger partial charge in [-0.1, -0.05) is 24.3 Å². The Bertz CT molecular complexity index is 347. The van der Waals surface area contributed by atoms with E-state index in [1.54, 1.807) is 0 Å². The molecule has 4 heteroatoms. The Balaban J connectivity index is 2.11. The first-order valence-corrected chi connectivity index (χ1v) is 5.13. The van der Waals surface area contributed by atoms with Crippen molar-refractivity contribution >= 4 is 6.03 Å². The normalized spacial score (nSPS) is 20.6. The fourth-order valence-corrected chi connectivity index (χ4v) is 1.75. The molecule has 1 unspecified atom stereocenters. The Kier molecular flexibility index (Phi) is 2.87. The van der Waals surface area contributed by atoms with Crippen LogP contribution >= 0.6 is 0 Å². The third-order valence-corrected chi connectivity index (χ3v) is 2.64. The SMILES string of the molecule is NCc1ccc(C2CCNC(=O)N2)cc1. The van der Waals surface area contributed by atoms with Gasteiger partial charge in [0.2, 0.25) is 0 Å². The Morgan fingerprint density at radius 1 is 1.33 bits per heavy atom. The van der Waals surface area contributed by atoms with Gasteiger partial charge in [0, 0.05) is 13.1 Å². The van der Waals surface area contributed by atoms with Crippen molar-refractivity contribution in [2.75, 3.05) is 6.54 Å². The predicted octanol–water partition coefficient (Wildman–Crippen LogP) is 0.889. The molecule has 15 heavy (non-hydrogen) atoms. The van der Waals surface area contributed by atoms with Gasteiger partial charge in [-0.05, 0) is 17.5 Å². The van der Waals surface area contributed by atoms with E-state index in [1.165, 1.54) is 0 Å². The van der Waals surface area contributed by atoms with Gasteiger partial charge < -0.3 is 16.4 Å². The van der Waals surface area contributed by atoms with Gasteiger partial charge in [-0.15, -0.1) is 0 Å². The highest BCUT2D eigenvalue weighted by atomic mass is 16.2. The molecule has 0 aliphatic carbocycles. The Hall–Kier alpha value is -1.55. The van der Waals surface area contributed by atoms with Gasteiger partial charge in [0.25, 0.3) is 0 Å². The zero-order valence-electron chi connectivity index (χ0n) is 8.49. The van der Waals surface area contributed by atoms with Crippen molar-refractivity contribution in [3.8, 4) is 0 Å². The molecule has 1 aromatic rings. The molecule has 1 fully saturated rings. The van der Waals surface area contributed by atoms with Gasteiger partial charge in [-0.2, -0.15) is 0 Å². The topological polar surface area (TPSA) is 67.1 Å². The van der Waals surface area contributed by atoms with Crippen LogP contribution in [0.25, 0.3) is 0 Å². The summed E-state index contributed by atoms with van der Waals surface area (Å²) in [6, 6.07) is 8.10. The summed E-state index contributed by atoms with van der Waals surface area (Å²) in [5.74, 6) is 0. The van der Waals surface area contributed by atoms with Crippen LogP contribution in [0.5, 0.6) is 0 Å². The fraction of sp³-hybridized carbons (Fsp3) is 0.364. The second-order valence-electron chi connectivity index (χ2n) is 3.69. The highest BCUT2D eigenvalue weighted by molar-refractivity contribution is 5.75. The molecule has 1 aliphatic rings. The maximum Gasteiger partial charge on any atom is 0.315 e. The molecule has 1 atom stereocenters. The van der Waals surface area contributed by atoms with Crippen LogP contribution in [0.4, 0.5) is 4.79 Å². The van der Waals surface area contributed by atoms with E-state index in [-0.39, 0.29) is 12.1 Å². The van der Waals surface area contributed by atoms with E-state index >= 15 is 0 Å². The van der Waals surface area contributed by atoms with Gasteiger partial charge in [0.05, 0.1) is 6.04 Å². The van der Waals surface area contributed by atoms with Crippen molar-refractivity contribution in [2.24, 2.45) is 5.73 Å². The van der Waals surface area contributed by atoms with E-state index < -0.39 is 0 Å². The van der Waals surface area contributed by atoms with Crippen LogP contribution in [-0.2, 0) is 6.54 Å². The van der Waals surface area contributed by atoms with Crippen molar-refractivity contribution in [1.29, 1.82) is 0 Å². The smallest absolute Gasteiger partial charge is 0.315 e. The molecule has 2 amide bonds. The number of carbonyl (C=O) groups is 1. The Morgan fingerprint density at radius 2 is 2.07 bits per heavy atom. The van der Waals surface area contributed by atoms with E-state index in [0.29, 0.717) is 6.54 Å². The van der Waals surface area contributed by atoms with Crippen LogP contribution in [0.3, 0.4) is 0 Å². The lowest BCUT2D eigenvalue weighted by Crippen LogP contribution is -2.44. The third-order valence-electron chi connectivity index (χ3n) is 2.64. The minimum atomic E-state index is -0.0887. The summed E-state index contributed by atoms with van der Waals surface area (Å²) in [7, 11) is 0. The fourth-order valence-electron chi connectivity index (χ4n) is 1.75. The molecule has 0 saturated carbocycles. The van der Waals surface area contributed by atoms with E-state index in [1.807, 2.05) is 24.3 Å². The highest BCUT2D eigenvalue weighted by Gasteiger charge is 2.18. The molecule has 0 bridgehead atoms. The highest BCUT2D eigenvalue weighted by Crippen LogP contribution is 2.18. The zero-order chi connectivity index (χ0) is 10.7. The summed E-state index contributed by atoms with van der Waals surface area (Å²) in [6.07, 6.45) is 0.924. The van der Waals surface area contributed by atoms with Crippen molar-refractivity contribution < 1.29 is 4.79 Å². The summed E-state index contributed by atoms with van der Waals surface area (Å²) in [6.45, 7) is 1.29. The molecule has 1 saturated heterocycles. The zero-order valence-corrected chi connectivity index (χ0v) is 8.49. The first-order valence-electron chi connectivity index (χ1n) is 5.13. The number of amides is 2. The number of nitrogens with one attached hydrogen (secondary N) is 2. The summed E-state index contributed by atoms with van der Waals surface area (Å²) < 4.78 is 0. The summed E-state index contributed by atoms with van der Waals surface area (Å²) >= 11 is 0. The largest absolute Gasteiger partial charge is 0.338 e. The van der Waals surface area contributed by atoms with Crippen LogP contribution in [0.15, 0.2) is 24.3 Å². The van der Waals surface area contributed by atoms with Crippen LogP contribution < -0.4 is 16.4 Å². The van der Waals surface area contributed by atoms with Gasteiger partial charge in [-0.25, -0.2) is 4.79 Å². The third kappa shape index (κ3) is 2.27. The second kappa shape index (κ2) is 4.31. The van der Waals surface area contributed by atoms with Crippen LogP contribution in [0, 0.1) is 0 Å². The molecule has 0 spiro atoms. The van der Waals surface area contributed by atoms with Crippen molar-refractivity contribution in [2.45, 2.75) is 19.0 Å². The minimum Gasteiger partial charge on any atom is -0.338 e. The predicted molar refractivity (Wildman–Crippen MR) is 58.2 cm³/mol. The molecule has 1 heterocycles. The second-order valence-corrected chi connectivity index (χ2v) is 3.69. The monoisotopic (exact) mass is 205 g/mol. The number of rotatable bonds is 2. The molecular weight excluding hydrogens is 190 g/mol. The molecule has 4 nitrogen and oxygen atoms in total. The lowest BCUT2D eigenvalue weighted by molar-refractivity contribution is 0.229. The van der Waals surface area contributed by atoms with Gasteiger partial charge in [-0.3, -0.25) is 0 Å². The van der Waals surface area contributed by atoms with Crippen molar-refractivity contribution in [3.63, 3.8) is 0 Å². The van der Waals surface area contributed by atoms with E-state index in [4.69, 9.17) is 5.73 Å². The van der Waals surface area contributed by atoms with Crippen molar-refractivity contribution in [3.05, 3.63) is 35.4 Å².